The van der Waals surface area contributed by atoms with Crippen molar-refractivity contribution in [3.05, 3.63) is 125 Å². The SMILES string of the molecule is Cc1ccc(-c2cn(CC(=O)Nc3cccc(-n4c(=O)n(C5CC5)c(=O)c5c(Nc6ccc(I)cc6F)n(C)c(=O)c(C)c54)c3)nn2)cc1. The fourth-order valence-electron chi connectivity index (χ4n) is 5.88. The summed E-state index contributed by atoms with van der Waals surface area (Å²) in [5.41, 5.74) is 2.00. The van der Waals surface area contributed by atoms with Crippen molar-refractivity contribution < 1.29 is 9.18 Å². The van der Waals surface area contributed by atoms with Gasteiger partial charge in [0.05, 0.1) is 23.1 Å². The molecule has 0 bridgehead atoms. The molecule has 1 amide bonds. The molecule has 0 atom stereocenters. The first kappa shape index (κ1) is 32.2. The van der Waals surface area contributed by atoms with Crippen LogP contribution in [-0.2, 0) is 18.4 Å². The highest BCUT2D eigenvalue weighted by Crippen LogP contribution is 2.34. The summed E-state index contributed by atoms with van der Waals surface area (Å²) in [4.78, 5) is 54.9. The van der Waals surface area contributed by atoms with E-state index in [2.05, 4.69) is 20.9 Å². The largest absolute Gasteiger partial charge is 0.338 e. The van der Waals surface area contributed by atoms with Gasteiger partial charge < -0.3 is 10.6 Å². The van der Waals surface area contributed by atoms with E-state index in [0.29, 0.717) is 33.5 Å². The Kier molecular flexibility index (Phi) is 8.26. The Bertz CT molecular complexity index is 2480. The maximum absolute atomic E-state index is 15.0. The van der Waals surface area contributed by atoms with Crippen molar-refractivity contribution in [3.63, 3.8) is 0 Å². The van der Waals surface area contributed by atoms with Gasteiger partial charge in [-0.05, 0) is 85.7 Å². The normalized spacial score (nSPS) is 12.8. The first-order chi connectivity index (χ1) is 23.5. The predicted molar refractivity (Wildman–Crippen MR) is 193 cm³/mol. The molecule has 248 valence electrons. The van der Waals surface area contributed by atoms with Crippen LogP contribution in [0.4, 0.5) is 21.6 Å². The monoisotopic (exact) mass is 772 g/mol. The molecule has 12 nitrogen and oxygen atoms in total. The molecule has 3 aromatic heterocycles. The zero-order chi connectivity index (χ0) is 34.6. The molecule has 49 heavy (non-hydrogen) atoms. The summed E-state index contributed by atoms with van der Waals surface area (Å²) >= 11 is 1.99. The molecule has 1 aliphatic rings. The predicted octanol–water partition coefficient (Wildman–Crippen LogP) is 5.19. The Morgan fingerprint density at radius 1 is 1.00 bits per heavy atom. The average Bonchev–Trinajstić information content (AvgIpc) is 3.80. The van der Waals surface area contributed by atoms with Gasteiger partial charge >= 0.3 is 5.69 Å². The van der Waals surface area contributed by atoms with Gasteiger partial charge in [0.15, 0.2) is 0 Å². The third-order valence-electron chi connectivity index (χ3n) is 8.52. The highest BCUT2D eigenvalue weighted by Gasteiger charge is 2.31. The number of pyridine rings is 1. The number of hydrogen-bond donors (Lipinski definition) is 2. The molecule has 3 aromatic carbocycles. The number of carbonyl (C=O) groups is 1. The number of nitrogens with zero attached hydrogens (tertiary/aromatic N) is 6. The highest BCUT2D eigenvalue weighted by atomic mass is 127. The molecule has 1 saturated carbocycles. The van der Waals surface area contributed by atoms with Gasteiger partial charge in [0.1, 0.15) is 29.3 Å². The van der Waals surface area contributed by atoms with Gasteiger partial charge in [-0.3, -0.25) is 28.1 Å². The highest BCUT2D eigenvalue weighted by molar-refractivity contribution is 14.1. The van der Waals surface area contributed by atoms with Crippen molar-refractivity contribution in [2.24, 2.45) is 7.05 Å². The fourth-order valence-corrected chi connectivity index (χ4v) is 6.33. The third kappa shape index (κ3) is 6.07. The summed E-state index contributed by atoms with van der Waals surface area (Å²) < 4.78 is 20.9. The number of aryl methyl sites for hydroxylation is 2. The number of benzene rings is 3. The molecular formula is C35H30FIN8O4. The molecular weight excluding hydrogens is 742 g/mol. The van der Waals surface area contributed by atoms with Crippen LogP contribution in [0.25, 0.3) is 27.8 Å². The van der Waals surface area contributed by atoms with Crippen molar-refractivity contribution in [2.75, 3.05) is 10.6 Å². The van der Waals surface area contributed by atoms with Crippen LogP contribution < -0.4 is 27.4 Å². The first-order valence-corrected chi connectivity index (χ1v) is 16.6. The average molecular weight is 773 g/mol. The van der Waals surface area contributed by atoms with Gasteiger partial charge in [-0.25, -0.2) is 13.9 Å². The van der Waals surface area contributed by atoms with Crippen LogP contribution in [-0.4, -0.2) is 34.6 Å². The van der Waals surface area contributed by atoms with Crippen LogP contribution in [0.15, 0.2) is 87.3 Å². The Morgan fingerprint density at radius 3 is 2.47 bits per heavy atom. The quantitative estimate of drug-likeness (QED) is 0.203. The zero-order valence-electron chi connectivity index (χ0n) is 26.7. The van der Waals surface area contributed by atoms with E-state index in [1.807, 2.05) is 53.8 Å². The summed E-state index contributed by atoms with van der Waals surface area (Å²) in [6.45, 7) is 3.43. The molecule has 3 heterocycles. The van der Waals surface area contributed by atoms with Crippen LogP contribution in [0.5, 0.6) is 0 Å². The molecule has 0 spiro atoms. The van der Waals surface area contributed by atoms with Crippen molar-refractivity contribution in [1.29, 1.82) is 0 Å². The number of aromatic nitrogens is 6. The molecule has 0 aliphatic heterocycles. The summed E-state index contributed by atoms with van der Waals surface area (Å²) in [7, 11) is 1.49. The number of nitrogens with one attached hydrogen (secondary N) is 2. The lowest BCUT2D eigenvalue weighted by molar-refractivity contribution is -0.116. The lowest BCUT2D eigenvalue weighted by Gasteiger charge is -2.21. The van der Waals surface area contributed by atoms with Gasteiger partial charge in [-0.1, -0.05) is 41.1 Å². The molecule has 7 rings (SSSR count). The Labute approximate surface area is 292 Å². The molecule has 1 aliphatic carbocycles. The summed E-state index contributed by atoms with van der Waals surface area (Å²) in [5.74, 6) is -0.889. The molecule has 6 aromatic rings. The molecule has 0 unspecified atom stereocenters. The topological polar surface area (TPSA) is 138 Å². The van der Waals surface area contributed by atoms with E-state index < -0.39 is 22.6 Å². The molecule has 14 heteroatoms. The number of halogens is 2. The number of amides is 1. The van der Waals surface area contributed by atoms with Crippen molar-refractivity contribution >= 4 is 56.6 Å². The van der Waals surface area contributed by atoms with E-state index in [-0.39, 0.29) is 46.5 Å². The lowest BCUT2D eigenvalue weighted by Crippen LogP contribution is -2.41. The number of hydrogen-bond acceptors (Lipinski definition) is 7. The van der Waals surface area contributed by atoms with Gasteiger partial charge in [-0.15, -0.1) is 5.10 Å². The zero-order valence-corrected chi connectivity index (χ0v) is 28.9. The second-order valence-corrected chi connectivity index (χ2v) is 13.3. The van der Waals surface area contributed by atoms with Crippen LogP contribution >= 0.6 is 22.6 Å². The fraction of sp³-hybridized carbons (Fsp3) is 0.200. The smallest absolute Gasteiger partial charge is 0.336 e. The molecule has 0 radical (unpaired) electrons. The molecule has 0 saturated heterocycles. The van der Waals surface area contributed by atoms with E-state index >= 15 is 4.39 Å². The minimum absolute atomic E-state index is 0.0566. The number of carbonyl (C=O) groups excluding carboxylic acids is 1. The van der Waals surface area contributed by atoms with E-state index in [9.17, 15) is 19.2 Å². The second-order valence-electron chi connectivity index (χ2n) is 12.1. The molecule has 2 N–H and O–H groups in total. The van der Waals surface area contributed by atoms with Crippen molar-refractivity contribution in [2.45, 2.75) is 39.3 Å². The third-order valence-corrected chi connectivity index (χ3v) is 9.19. The summed E-state index contributed by atoms with van der Waals surface area (Å²) in [6, 6.07) is 18.7. The number of fused-ring (bicyclic) bond motifs is 1. The number of rotatable bonds is 8. The van der Waals surface area contributed by atoms with Gasteiger partial charge in [0.25, 0.3) is 11.1 Å². The summed E-state index contributed by atoms with van der Waals surface area (Å²) in [6.07, 6.45) is 2.97. The maximum atomic E-state index is 15.0. The maximum Gasteiger partial charge on any atom is 0.336 e. The van der Waals surface area contributed by atoms with Gasteiger partial charge in [0, 0.05) is 33.5 Å². The minimum Gasteiger partial charge on any atom is -0.338 e. The number of anilines is 3. The first-order valence-electron chi connectivity index (χ1n) is 15.5. The Hall–Kier alpha value is -5.38. The second kappa shape index (κ2) is 12.6. The van der Waals surface area contributed by atoms with E-state index in [1.165, 1.54) is 37.6 Å². The lowest BCUT2D eigenvalue weighted by atomic mass is 10.1. The minimum atomic E-state index is -0.613. The Balaban J connectivity index is 1.29. The van der Waals surface area contributed by atoms with Crippen LogP contribution in [0, 0.1) is 23.2 Å². The van der Waals surface area contributed by atoms with Crippen LogP contribution in [0.1, 0.15) is 30.0 Å². The summed E-state index contributed by atoms with van der Waals surface area (Å²) in [5, 5.41) is 14.1. The molecule has 1 fully saturated rings. The van der Waals surface area contributed by atoms with Crippen LogP contribution in [0.2, 0.25) is 0 Å². The van der Waals surface area contributed by atoms with E-state index in [0.717, 1.165) is 11.1 Å². The standard InChI is InChI=1S/C35H30FIN8O4/c1-19-7-9-21(10-8-19)28-17-43(41-40-28)18-29(46)38-23-5-4-6-25(16-23)44-31-20(2)33(47)42(3)32(39-27-14-11-22(37)15-26(27)36)30(31)34(48)45(35(44)49)24-12-13-24/h4-11,14-17,24,39H,12-13,18H2,1-3H3,(H,38,46). The van der Waals surface area contributed by atoms with E-state index in [4.69, 9.17) is 0 Å². The van der Waals surface area contributed by atoms with Crippen LogP contribution in [0.3, 0.4) is 0 Å². The van der Waals surface area contributed by atoms with Gasteiger partial charge in [0.2, 0.25) is 5.91 Å². The van der Waals surface area contributed by atoms with E-state index in [1.54, 1.807) is 43.5 Å². The Morgan fingerprint density at radius 2 is 1.76 bits per heavy atom. The van der Waals surface area contributed by atoms with Gasteiger partial charge in [-0.2, -0.15) is 0 Å². The van der Waals surface area contributed by atoms with Crippen molar-refractivity contribution in [3.8, 4) is 16.9 Å². The van der Waals surface area contributed by atoms with Crippen molar-refractivity contribution in [1.82, 2.24) is 28.7 Å².